The maximum Gasteiger partial charge on any atom is 0.692 e. The van der Waals surface area contributed by atoms with E-state index >= 15 is 0 Å². The molecular weight excluding hydrogens is 175 g/mol. The topological polar surface area (TPSA) is 57.5 Å². The lowest BCUT2D eigenvalue weighted by Crippen LogP contribution is -1.38. The van der Waals surface area contributed by atoms with Crippen LogP contribution in [0, 0.1) is 0 Å². The smallest absolute Gasteiger partial charge is 0.134 e. The molecule has 0 radical (unpaired) electrons. The molecule has 0 saturated carbocycles. The van der Waals surface area contributed by atoms with Crippen LogP contribution < -0.4 is 0 Å². The molecule has 72 valence electrons. The average Bonchev–Trinajstić information content (AvgIpc) is 2.16. The van der Waals surface area contributed by atoms with Crippen LogP contribution in [-0.4, -0.2) is 9.79 Å². The Morgan fingerprint density at radius 2 is 0.667 bits per heavy atom. The lowest BCUT2D eigenvalue weighted by Gasteiger charge is -1.34. The predicted molar refractivity (Wildman–Crippen MR) is 57.1 cm³/mol. The van der Waals surface area contributed by atoms with Gasteiger partial charge in [-0.1, -0.05) is 0 Å². The minimum Gasteiger partial charge on any atom is -0.134 e. The normalized spacial score (nSPS) is 3.50. The predicted octanol–water partition coefficient (Wildman–Crippen LogP) is 2.84. The van der Waals surface area contributed by atoms with Crippen LogP contribution >= 0.6 is 8.25 Å². The van der Waals surface area contributed by atoms with Crippen LogP contribution in [0.5, 0.6) is 0 Å². The molecule has 0 unspecified atom stereocenters. The van der Waals surface area contributed by atoms with Crippen molar-refractivity contribution in [1.82, 2.24) is 0 Å². The highest BCUT2D eigenvalue weighted by Crippen LogP contribution is 1.98. The van der Waals surface area contributed by atoms with Crippen molar-refractivity contribution in [3.8, 4) is 0 Å². The van der Waals surface area contributed by atoms with Crippen molar-refractivity contribution in [2.45, 2.75) is 0 Å². The number of hydrogen-bond acceptors (Lipinski definition) is 1. The van der Waals surface area contributed by atoms with Gasteiger partial charge in [0.05, 0.1) is 0 Å². The summed E-state index contributed by atoms with van der Waals surface area (Å²) in [5, 5.41) is 0. The third-order valence-electron chi connectivity index (χ3n) is 0. The van der Waals surface area contributed by atoms with Gasteiger partial charge in [0.15, 0.2) is 0 Å². The molecule has 0 aromatic heterocycles. The second-order valence-electron chi connectivity index (χ2n) is 0.253. The fourth-order valence-electron chi connectivity index (χ4n) is 0. The molecule has 2 N–H and O–H groups in total. The quantitative estimate of drug-likeness (QED) is 0.459. The van der Waals surface area contributed by atoms with E-state index in [1.165, 1.54) is 0 Å². The largest absolute Gasteiger partial charge is 0.692 e. The average molecular weight is 193 g/mol. The molecule has 0 bridgehead atoms. The van der Waals surface area contributed by atoms with E-state index < -0.39 is 8.25 Å². The first kappa shape index (κ1) is 30.6. The van der Waals surface area contributed by atoms with Crippen LogP contribution in [-0.2, 0) is 4.57 Å². The van der Waals surface area contributed by atoms with Gasteiger partial charge in [0.2, 0.25) is 0 Å². The van der Waals surface area contributed by atoms with E-state index in [1.54, 1.807) is 0 Å². The first-order valence-corrected chi connectivity index (χ1v) is 3.75. The van der Waals surface area contributed by atoms with E-state index in [2.05, 4.69) is 52.6 Å². The van der Waals surface area contributed by atoms with Crippen LogP contribution in [0.1, 0.15) is 0 Å². The Morgan fingerprint density at radius 1 is 0.667 bits per heavy atom. The van der Waals surface area contributed by atoms with E-state index in [9.17, 15) is 0 Å². The molecule has 0 amide bonds. The van der Waals surface area contributed by atoms with Crippen LogP contribution in [0.15, 0.2) is 52.6 Å². The third-order valence-corrected chi connectivity index (χ3v) is 0. The SMILES string of the molecule is C=C.C=C.C=C.C=C.O=[P+](O)O. The van der Waals surface area contributed by atoms with Gasteiger partial charge in [-0.15, -0.1) is 62.4 Å². The van der Waals surface area contributed by atoms with E-state index in [0.29, 0.717) is 0 Å². The van der Waals surface area contributed by atoms with E-state index in [4.69, 9.17) is 14.4 Å². The third kappa shape index (κ3) is 550. The zero-order chi connectivity index (χ0) is 11.6. The molecule has 0 aliphatic carbocycles. The second-order valence-corrected chi connectivity index (χ2v) is 0.758. The Balaban J connectivity index is -0.0000000181. The molecule has 0 heterocycles. The molecule has 12 heavy (non-hydrogen) atoms. The Bertz CT molecular complexity index is 64.7. The van der Waals surface area contributed by atoms with E-state index in [1.807, 2.05) is 0 Å². The summed E-state index contributed by atoms with van der Waals surface area (Å²) >= 11 is 0. The monoisotopic (exact) mass is 193 g/mol. The summed E-state index contributed by atoms with van der Waals surface area (Å²) in [7, 11) is -2.87. The second kappa shape index (κ2) is 205. The van der Waals surface area contributed by atoms with Crippen molar-refractivity contribution in [3.05, 3.63) is 52.6 Å². The summed E-state index contributed by atoms with van der Waals surface area (Å²) in [6.45, 7) is 24.0. The van der Waals surface area contributed by atoms with E-state index in [0.717, 1.165) is 0 Å². The molecule has 0 fully saturated rings. The molecule has 0 atom stereocenters. The van der Waals surface area contributed by atoms with Crippen molar-refractivity contribution >= 4 is 8.25 Å². The first-order valence-electron chi connectivity index (χ1n) is 2.58. The van der Waals surface area contributed by atoms with Crippen molar-refractivity contribution in [3.63, 3.8) is 0 Å². The van der Waals surface area contributed by atoms with Crippen molar-refractivity contribution in [2.75, 3.05) is 0 Å². The fourth-order valence-corrected chi connectivity index (χ4v) is 0. The molecule has 0 saturated heterocycles. The number of hydrogen-bond donors (Lipinski definition) is 2. The minimum absolute atomic E-state index is 2.87. The van der Waals surface area contributed by atoms with E-state index in [-0.39, 0.29) is 0 Å². The van der Waals surface area contributed by atoms with Gasteiger partial charge in [-0.05, 0) is 0 Å². The summed E-state index contributed by atoms with van der Waals surface area (Å²) in [4.78, 5) is 14.2. The fraction of sp³-hybridized carbons (Fsp3) is 0. The lowest BCUT2D eigenvalue weighted by molar-refractivity contribution is 0.405. The van der Waals surface area contributed by atoms with Gasteiger partial charge < -0.3 is 0 Å². The van der Waals surface area contributed by atoms with Crippen molar-refractivity contribution in [1.29, 1.82) is 0 Å². The molecule has 4 heteroatoms. The Labute approximate surface area is 76.0 Å². The van der Waals surface area contributed by atoms with Gasteiger partial charge in [-0.2, -0.15) is 0 Å². The summed E-state index contributed by atoms with van der Waals surface area (Å²) < 4.78 is 8.70. The van der Waals surface area contributed by atoms with Gasteiger partial charge >= 0.3 is 8.25 Å². The zero-order valence-corrected chi connectivity index (χ0v) is 8.30. The molecule has 0 aromatic carbocycles. The Kier molecular flexibility index (Phi) is 523. The first-order chi connectivity index (χ1) is 5.73. The van der Waals surface area contributed by atoms with Crippen molar-refractivity contribution in [2.24, 2.45) is 0 Å². The van der Waals surface area contributed by atoms with Gasteiger partial charge in [0.25, 0.3) is 0 Å². The summed E-state index contributed by atoms with van der Waals surface area (Å²) in [5.41, 5.74) is 0. The Hall–Kier alpha value is -1.02. The van der Waals surface area contributed by atoms with Crippen LogP contribution in [0.25, 0.3) is 0 Å². The molecule has 0 aliphatic heterocycles. The standard InChI is InChI=1S/4C2H4.HO3P/c4*1-2;1-4(2)3/h4*1-2H2;(H-,1,2,3)/p+1. The molecule has 0 aliphatic rings. The minimum atomic E-state index is -2.87. The zero-order valence-electron chi connectivity index (χ0n) is 7.41. The molecule has 0 rings (SSSR count). The molecule has 0 aromatic rings. The number of rotatable bonds is 0. The maximum absolute atomic E-state index is 8.70. The van der Waals surface area contributed by atoms with Crippen LogP contribution in [0.2, 0.25) is 0 Å². The molecule has 3 nitrogen and oxygen atoms in total. The molecular formula is C8H18O3P+. The summed E-state index contributed by atoms with van der Waals surface area (Å²) in [6.07, 6.45) is 0. The highest BCUT2D eigenvalue weighted by molar-refractivity contribution is 7.30. The van der Waals surface area contributed by atoms with Crippen LogP contribution in [0.3, 0.4) is 0 Å². The van der Waals surface area contributed by atoms with Gasteiger partial charge in [-0.25, -0.2) is 0 Å². The Morgan fingerprint density at radius 3 is 0.667 bits per heavy atom. The molecule has 0 spiro atoms. The van der Waals surface area contributed by atoms with Crippen LogP contribution in [0.4, 0.5) is 0 Å². The highest BCUT2D eigenvalue weighted by atomic mass is 31.1. The van der Waals surface area contributed by atoms with Crippen molar-refractivity contribution < 1.29 is 14.4 Å². The summed E-state index contributed by atoms with van der Waals surface area (Å²) in [6, 6.07) is 0. The van der Waals surface area contributed by atoms with Gasteiger partial charge in [-0.3, -0.25) is 0 Å². The summed E-state index contributed by atoms with van der Waals surface area (Å²) in [5.74, 6) is 0. The van der Waals surface area contributed by atoms with Gasteiger partial charge in [0, 0.05) is 4.57 Å². The lowest BCUT2D eigenvalue weighted by atomic mass is 11.3. The maximum atomic E-state index is 8.70. The van der Waals surface area contributed by atoms with Gasteiger partial charge in [0.1, 0.15) is 0 Å². The highest BCUT2D eigenvalue weighted by Gasteiger charge is 1.93.